The molecule has 8 nitrogen and oxygen atoms in total. The number of ether oxygens (including phenoxy) is 2. The lowest BCUT2D eigenvalue weighted by atomic mass is 10.1. The average Bonchev–Trinajstić information content (AvgIpc) is 2.99. The molecule has 4 rings (SSSR count). The minimum atomic E-state index is -0.836. The highest BCUT2D eigenvalue weighted by Gasteiger charge is 2.24. The molecule has 224 valence electrons. The van der Waals surface area contributed by atoms with Crippen molar-refractivity contribution in [3.05, 3.63) is 126 Å². The standard InChI is InChI=1S/C35H39N3O5/c1-35(2,3)43-34(41)38(24-31(39)28-13-8-5-9-14-28)22-21-26-17-19-29(20-18-26)36-32(40)23-30-15-10-16-33(37-30)42-25-27-11-6-4-7-12-27/h4-20,31,39H,21-25H2,1-3H3,(H,36,40)/t31-/m0/s1. The topological polar surface area (TPSA) is 101 Å². The molecule has 0 bridgehead atoms. The molecule has 0 unspecified atom stereocenters. The summed E-state index contributed by atoms with van der Waals surface area (Å²) in [4.78, 5) is 31.6. The van der Waals surface area contributed by atoms with Crippen molar-refractivity contribution in [2.75, 3.05) is 18.4 Å². The van der Waals surface area contributed by atoms with Gasteiger partial charge in [0.25, 0.3) is 0 Å². The highest BCUT2D eigenvalue weighted by molar-refractivity contribution is 5.92. The number of hydrogen-bond donors (Lipinski definition) is 2. The molecule has 1 aromatic heterocycles. The van der Waals surface area contributed by atoms with Gasteiger partial charge in [-0.15, -0.1) is 0 Å². The predicted octanol–water partition coefficient (Wildman–Crippen LogP) is 6.36. The molecule has 8 heteroatoms. The second-order valence-electron chi connectivity index (χ2n) is 11.3. The molecule has 0 aliphatic rings. The zero-order chi connectivity index (χ0) is 30.7. The number of hydrogen-bond acceptors (Lipinski definition) is 6. The van der Waals surface area contributed by atoms with E-state index in [4.69, 9.17) is 9.47 Å². The summed E-state index contributed by atoms with van der Waals surface area (Å²) in [6.45, 7) is 6.32. The molecule has 0 aliphatic carbocycles. The Morgan fingerprint density at radius 3 is 2.21 bits per heavy atom. The van der Waals surface area contributed by atoms with Crippen LogP contribution in [0.5, 0.6) is 5.88 Å². The fraction of sp³-hybridized carbons (Fsp3) is 0.286. The summed E-state index contributed by atoms with van der Waals surface area (Å²) >= 11 is 0. The Bertz CT molecular complexity index is 1450. The molecule has 0 radical (unpaired) electrons. The first-order chi connectivity index (χ1) is 20.6. The molecular weight excluding hydrogens is 542 g/mol. The number of aliphatic hydroxyl groups is 1. The molecule has 0 fully saturated rings. The smallest absolute Gasteiger partial charge is 0.410 e. The van der Waals surface area contributed by atoms with Gasteiger partial charge in [-0.05, 0) is 62.1 Å². The van der Waals surface area contributed by atoms with Gasteiger partial charge in [0.15, 0.2) is 0 Å². The van der Waals surface area contributed by atoms with E-state index in [1.54, 1.807) is 12.1 Å². The summed E-state index contributed by atoms with van der Waals surface area (Å²) in [5.74, 6) is 0.279. The number of aromatic nitrogens is 1. The van der Waals surface area contributed by atoms with Gasteiger partial charge in [0.05, 0.1) is 24.8 Å². The Balaban J connectivity index is 1.30. The highest BCUT2D eigenvalue weighted by Crippen LogP contribution is 2.18. The van der Waals surface area contributed by atoms with Crippen LogP contribution in [0.3, 0.4) is 0 Å². The van der Waals surface area contributed by atoms with E-state index in [1.165, 1.54) is 4.90 Å². The summed E-state index contributed by atoms with van der Waals surface area (Å²) < 4.78 is 11.4. The lowest BCUT2D eigenvalue weighted by Gasteiger charge is -2.29. The lowest BCUT2D eigenvalue weighted by Crippen LogP contribution is -2.40. The molecule has 0 aliphatic heterocycles. The van der Waals surface area contributed by atoms with Crippen LogP contribution in [0.1, 0.15) is 49.3 Å². The van der Waals surface area contributed by atoms with Crippen LogP contribution >= 0.6 is 0 Å². The first-order valence-electron chi connectivity index (χ1n) is 14.4. The van der Waals surface area contributed by atoms with Gasteiger partial charge in [0, 0.05) is 18.3 Å². The van der Waals surface area contributed by atoms with Crippen LogP contribution in [-0.2, 0) is 29.0 Å². The molecule has 0 saturated carbocycles. The molecule has 0 saturated heterocycles. The maximum Gasteiger partial charge on any atom is 0.410 e. The Kier molecular flexibility index (Phi) is 10.9. The van der Waals surface area contributed by atoms with E-state index in [9.17, 15) is 14.7 Å². The van der Waals surface area contributed by atoms with E-state index < -0.39 is 17.8 Å². The van der Waals surface area contributed by atoms with Gasteiger partial charge in [-0.1, -0.05) is 78.9 Å². The van der Waals surface area contributed by atoms with Crippen LogP contribution in [0.4, 0.5) is 10.5 Å². The summed E-state index contributed by atoms with van der Waals surface area (Å²) in [7, 11) is 0. The fourth-order valence-electron chi connectivity index (χ4n) is 4.33. The molecule has 1 atom stereocenters. The summed E-state index contributed by atoms with van der Waals surface area (Å²) in [5.41, 5.74) is 3.37. The van der Waals surface area contributed by atoms with Crippen LogP contribution in [0.15, 0.2) is 103 Å². The van der Waals surface area contributed by atoms with Crippen LogP contribution in [0.2, 0.25) is 0 Å². The number of aliphatic hydroxyl groups excluding tert-OH is 1. The second kappa shape index (κ2) is 15.0. The van der Waals surface area contributed by atoms with Crippen molar-refractivity contribution < 1.29 is 24.2 Å². The first-order valence-corrected chi connectivity index (χ1v) is 14.4. The van der Waals surface area contributed by atoms with Gasteiger partial charge in [-0.3, -0.25) is 4.79 Å². The van der Waals surface area contributed by atoms with Crippen molar-refractivity contribution in [3.8, 4) is 5.88 Å². The van der Waals surface area contributed by atoms with Gasteiger partial charge in [-0.2, -0.15) is 0 Å². The van der Waals surface area contributed by atoms with E-state index >= 15 is 0 Å². The van der Waals surface area contributed by atoms with Crippen molar-refractivity contribution in [1.29, 1.82) is 0 Å². The molecule has 43 heavy (non-hydrogen) atoms. The predicted molar refractivity (Wildman–Crippen MR) is 167 cm³/mol. The minimum Gasteiger partial charge on any atom is -0.473 e. The maximum absolute atomic E-state index is 12.9. The van der Waals surface area contributed by atoms with Crippen molar-refractivity contribution in [3.63, 3.8) is 0 Å². The Hall–Kier alpha value is -4.69. The van der Waals surface area contributed by atoms with E-state index in [1.807, 2.05) is 112 Å². The third-order valence-corrected chi connectivity index (χ3v) is 6.49. The van der Waals surface area contributed by atoms with Crippen LogP contribution < -0.4 is 10.1 Å². The number of pyridine rings is 1. The molecule has 2 N–H and O–H groups in total. The highest BCUT2D eigenvalue weighted by atomic mass is 16.6. The van der Waals surface area contributed by atoms with E-state index in [2.05, 4.69) is 10.3 Å². The third kappa shape index (κ3) is 10.6. The van der Waals surface area contributed by atoms with Crippen molar-refractivity contribution in [1.82, 2.24) is 9.88 Å². The van der Waals surface area contributed by atoms with Gasteiger partial charge >= 0.3 is 6.09 Å². The number of amides is 2. The maximum atomic E-state index is 12.9. The van der Waals surface area contributed by atoms with Gasteiger partial charge in [0.2, 0.25) is 11.8 Å². The van der Waals surface area contributed by atoms with Gasteiger partial charge in [0.1, 0.15) is 12.2 Å². The van der Waals surface area contributed by atoms with E-state index in [0.29, 0.717) is 36.8 Å². The van der Waals surface area contributed by atoms with Crippen LogP contribution in [0, 0.1) is 0 Å². The fourth-order valence-corrected chi connectivity index (χ4v) is 4.33. The average molecular weight is 582 g/mol. The second-order valence-corrected chi connectivity index (χ2v) is 11.3. The number of rotatable bonds is 12. The van der Waals surface area contributed by atoms with Crippen LogP contribution in [-0.4, -0.2) is 45.7 Å². The third-order valence-electron chi connectivity index (χ3n) is 6.49. The number of carbonyl (C=O) groups excluding carboxylic acids is 2. The van der Waals surface area contributed by atoms with Crippen molar-refractivity contribution >= 4 is 17.7 Å². The molecule has 1 heterocycles. The monoisotopic (exact) mass is 581 g/mol. The molecular formula is C35H39N3O5. The first kappa shape index (κ1) is 31.3. The molecule has 0 spiro atoms. The van der Waals surface area contributed by atoms with Gasteiger partial charge < -0.3 is 24.8 Å². The Morgan fingerprint density at radius 1 is 0.860 bits per heavy atom. The number of benzene rings is 3. The normalized spacial score (nSPS) is 11.8. The lowest BCUT2D eigenvalue weighted by molar-refractivity contribution is -0.115. The number of anilines is 1. The quantitative estimate of drug-likeness (QED) is 0.202. The molecule has 3 aromatic carbocycles. The largest absolute Gasteiger partial charge is 0.473 e. The molecule has 4 aromatic rings. The minimum absolute atomic E-state index is 0.110. The summed E-state index contributed by atoms with van der Waals surface area (Å²) in [5, 5.41) is 13.7. The number of carbonyl (C=O) groups is 2. The summed E-state index contributed by atoms with van der Waals surface area (Å²) in [6, 6.07) is 31.9. The van der Waals surface area contributed by atoms with E-state index in [0.717, 1.165) is 16.7 Å². The zero-order valence-electron chi connectivity index (χ0n) is 24.9. The van der Waals surface area contributed by atoms with E-state index in [-0.39, 0.29) is 18.9 Å². The summed E-state index contributed by atoms with van der Waals surface area (Å²) in [6.07, 6.45) is -0.653. The van der Waals surface area contributed by atoms with Crippen LogP contribution in [0.25, 0.3) is 0 Å². The molecule has 2 amide bonds. The van der Waals surface area contributed by atoms with Gasteiger partial charge in [-0.25, -0.2) is 9.78 Å². The SMILES string of the molecule is CC(C)(C)OC(=O)N(CCc1ccc(NC(=O)Cc2cccc(OCc3ccccc3)n2)cc1)C[C@H](O)c1ccccc1. The Morgan fingerprint density at radius 2 is 1.53 bits per heavy atom. The van der Waals surface area contributed by atoms with Crippen molar-refractivity contribution in [2.45, 2.75) is 51.9 Å². The number of nitrogens with zero attached hydrogens (tertiary/aromatic N) is 2. The Labute approximate surface area is 253 Å². The number of nitrogens with one attached hydrogen (secondary N) is 1. The zero-order valence-corrected chi connectivity index (χ0v) is 24.9. The van der Waals surface area contributed by atoms with Crippen molar-refractivity contribution in [2.24, 2.45) is 0 Å².